The second kappa shape index (κ2) is 5.97. The number of anilines is 1. The fraction of sp³-hybridized carbons (Fsp3) is 0.750. The lowest BCUT2D eigenvalue weighted by Gasteiger charge is -2.34. The van der Waals surface area contributed by atoms with Crippen molar-refractivity contribution in [2.24, 2.45) is 0 Å². The van der Waals surface area contributed by atoms with Crippen LogP contribution >= 0.6 is 11.3 Å². The maximum Gasteiger partial charge on any atom is 0.215 e. The molecule has 1 N–H and O–H groups in total. The zero-order chi connectivity index (χ0) is 14.0. The minimum atomic E-state index is -3.13. The molecule has 2 aliphatic heterocycles. The van der Waals surface area contributed by atoms with Crippen molar-refractivity contribution in [2.75, 3.05) is 43.4 Å². The van der Waals surface area contributed by atoms with Crippen LogP contribution in [0.3, 0.4) is 0 Å². The number of sulfonamides is 1. The van der Waals surface area contributed by atoms with Crippen molar-refractivity contribution >= 4 is 26.5 Å². The van der Waals surface area contributed by atoms with Gasteiger partial charge < -0.3 is 10.2 Å². The quantitative estimate of drug-likeness (QED) is 0.868. The first-order chi connectivity index (χ1) is 9.65. The van der Waals surface area contributed by atoms with Crippen LogP contribution in [0.15, 0.2) is 11.6 Å². The first-order valence-corrected chi connectivity index (χ1v) is 9.50. The fourth-order valence-electron chi connectivity index (χ4n) is 2.79. The highest BCUT2D eigenvalue weighted by Crippen LogP contribution is 2.20. The maximum atomic E-state index is 12.4. The van der Waals surface area contributed by atoms with Gasteiger partial charge in [0.1, 0.15) is 0 Å². The number of thiazole rings is 1. The van der Waals surface area contributed by atoms with Crippen LogP contribution in [-0.4, -0.2) is 62.2 Å². The smallest absolute Gasteiger partial charge is 0.215 e. The van der Waals surface area contributed by atoms with Gasteiger partial charge in [-0.1, -0.05) is 0 Å². The van der Waals surface area contributed by atoms with Crippen LogP contribution in [0.25, 0.3) is 0 Å². The van der Waals surface area contributed by atoms with Crippen molar-refractivity contribution in [1.29, 1.82) is 0 Å². The lowest BCUT2D eigenvalue weighted by atomic mass is 10.3. The van der Waals surface area contributed by atoms with Crippen molar-refractivity contribution in [1.82, 2.24) is 14.6 Å². The van der Waals surface area contributed by atoms with E-state index in [9.17, 15) is 8.42 Å². The molecule has 0 saturated carbocycles. The van der Waals surface area contributed by atoms with E-state index >= 15 is 0 Å². The Balaban J connectivity index is 1.56. The van der Waals surface area contributed by atoms with Gasteiger partial charge in [-0.2, -0.15) is 4.31 Å². The van der Waals surface area contributed by atoms with Gasteiger partial charge in [0.05, 0.1) is 5.75 Å². The van der Waals surface area contributed by atoms with E-state index in [1.165, 1.54) is 0 Å². The monoisotopic (exact) mass is 316 g/mol. The van der Waals surface area contributed by atoms with Gasteiger partial charge in [-0.25, -0.2) is 13.4 Å². The summed E-state index contributed by atoms with van der Waals surface area (Å²) in [5.74, 6) is 0.240. The number of aromatic nitrogens is 1. The van der Waals surface area contributed by atoms with E-state index in [0.29, 0.717) is 13.1 Å². The zero-order valence-electron chi connectivity index (χ0n) is 11.4. The van der Waals surface area contributed by atoms with Gasteiger partial charge in [-0.15, -0.1) is 11.3 Å². The molecule has 2 saturated heterocycles. The molecular weight excluding hydrogens is 296 g/mol. The highest BCUT2D eigenvalue weighted by Gasteiger charge is 2.30. The highest BCUT2D eigenvalue weighted by molar-refractivity contribution is 7.89. The Hall–Kier alpha value is -0.700. The van der Waals surface area contributed by atoms with Crippen LogP contribution in [0.2, 0.25) is 0 Å². The van der Waals surface area contributed by atoms with Gasteiger partial charge in [0.15, 0.2) is 5.13 Å². The molecule has 8 heteroatoms. The molecule has 1 aromatic rings. The van der Waals surface area contributed by atoms with Crippen molar-refractivity contribution in [3.8, 4) is 0 Å². The van der Waals surface area contributed by atoms with Crippen molar-refractivity contribution in [3.05, 3.63) is 11.6 Å². The Labute approximate surface area is 123 Å². The minimum Gasteiger partial charge on any atom is -0.345 e. The van der Waals surface area contributed by atoms with E-state index in [1.54, 1.807) is 21.8 Å². The Morgan fingerprint density at radius 2 is 2.15 bits per heavy atom. The summed E-state index contributed by atoms with van der Waals surface area (Å²) >= 11 is 1.60. The van der Waals surface area contributed by atoms with E-state index in [0.717, 1.165) is 37.6 Å². The largest absolute Gasteiger partial charge is 0.345 e. The van der Waals surface area contributed by atoms with Crippen LogP contribution < -0.4 is 10.2 Å². The summed E-state index contributed by atoms with van der Waals surface area (Å²) in [5, 5.41) is 6.19. The van der Waals surface area contributed by atoms with Gasteiger partial charge >= 0.3 is 0 Å². The molecule has 0 radical (unpaired) electrons. The van der Waals surface area contributed by atoms with Crippen LogP contribution in [0.1, 0.15) is 12.8 Å². The maximum absolute atomic E-state index is 12.4. The number of piperazine rings is 1. The molecular formula is C12H20N4O2S2. The number of nitrogens with zero attached hydrogens (tertiary/aromatic N) is 3. The molecule has 3 rings (SSSR count). The first-order valence-electron chi connectivity index (χ1n) is 7.01. The molecule has 6 nitrogen and oxygen atoms in total. The molecule has 3 heterocycles. The highest BCUT2D eigenvalue weighted by atomic mass is 32.2. The molecule has 1 aromatic heterocycles. The van der Waals surface area contributed by atoms with Crippen molar-refractivity contribution in [2.45, 2.75) is 18.9 Å². The molecule has 20 heavy (non-hydrogen) atoms. The molecule has 0 aromatic carbocycles. The molecule has 2 aliphatic rings. The minimum absolute atomic E-state index is 0.136. The van der Waals surface area contributed by atoms with E-state index in [4.69, 9.17) is 0 Å². The predicted octanol–water partition coefficient (Wildman–Crippen LogP) is 0.347. The molecule has 0 amide bonds. The number of rotatable bonds is 4. The number of nitrogens with one attached hydrogen (secondary N) is 1. The average molecular weight is 316 g/mol. The molecule has 0 spiro atoms. The summed E-state index contributed by atoms with van der Waals surface area (Å²) < 4.78 is 26.4. The van der Waals surface area contributed by atoms with Gasteiger partial charge in [0.25, 0.3) is 0 Å². The molecule has 0 bridgehead atoms. The summed E-state index contributed by atoms with van der Waals surface area (Å²) in [6, 6.07) is 0.136. The Bertz CT molecular complexity index is 518. The lowest BCUT2D eigenvalue weighted by Crippen LogP contribution is -2.50. The summed E-state index contributed by atoms with van der Waals surface area (Å²) in [7, 11) is -3.13. The molecule has 2 fully saturated rings. The Morgan fingerprint density at radius 3 is 2.75 bits per heavy atom. The average Bonchev–Trinajstić information content (AvgIpc) is 3.11. The van der Waals surface area contributed by atoms with E-state index < -0.39 is 10.0 Å². The van der Waals surface area contributed by atoms with Gasteiger partial charge in [0.2, 0.25) is 10.0 Å². The fourth-order valence-corrected chi connectivity index (χ4v) is 5.21. The molecule has 112 valence electrons. The summed E-state index contributed by atoms with van der Waals surface area (Å²) in [5.41, 5.74) is 0. The van der Waals surface area contributed by atoms with Gasteiger partial charge in [0, 0.05) is 43.8 Å². The number of hydrogen-bond acceptors (Lipinski definition) is 6. The van der Waals surface area contributed by atoms with Crippen molar-refractivity contribution in [3.63, 3.8) is 0 Å². The Kier molecular flexibility index (Phi) is 4.25. The molecule has 1 atom stereocenters. The summed E-state index contributed by atoms with van der Waals surface area (Å²) in [6.07, 6.45) is 3.84. The van der Waals surface area contributed by atoms with Crippen LogP contribution in [0.4, 0.5) is 5.13 Å². The van der Waals surface area contributed by atoms with Crippen molar-refractivity contribution < 1.29 is 8.42 Å². The second-order valence-electron chi connectivity index (χ2n) is 5.27. The zero-order valence-corrected chi connectivity index (χ0v) is 13.0. The first kappa shape index (κ1) is 14.2. The normalized spacial score (nSPS) is 25.2. The van der Waals surface area contributed by atoms with E-state index in [-0.39, 0.29) is 11.8 Å². The third-order valence-corrected chi connectivity index (χ3v) is 6.70. The molecule has 1 unspecified atom stereocenters. The van der Waals surface area contributed by atoms with Gasteiger partial charge in [-0.3, -0.25) is 0 Å². The SMILES string of the molecule is O=S(=O)(CC1CCCN1)N1CCN(c2nccs2)CC1. The van der Waals surface area contributed by atoms with E-state index in [1.807, 2.05) is 5.38 Å². The number of hydrogen-bond donors (Lipinski definition) is 1. The van der Waals surface area contributed by atoms with Crippen LogP contribution in [0.5, 0.6) is 0 Å². The standard InChI is InChI=1S/C12H20N4O2S2/c17-20(18,10-11-2-1-3-13-11)16-7-5-15(6-8-16)12-14-4-9-19-12/h4,9,11,13H,1-3,5-8,10H2. The third-order valence-electron chi connectivity index (χ3n) is 3.90. The topological polar surface area (TPSA) is 65.5 Å². The molecule has 0 aliphatic carbocycles. The third kappa shape index (κ3) is 3.13. The lowest BCUT2D eigenvalue weighted by molar-refractivity contribution is 0.382. The Morgan fingerprint density at radius 1 is 1.35 bits per heavy atom. The van der Waals surface area contributed by atoms with Gasteiger partial charge in [-0.05, 0) is 19.4 Å². The summed E-state index contributed by atoms with van der Waals surface area (Å²) in [6.45, 7) is 3.52. The second-order valence-corrected chi connectivity index (χ2v) is 8.16. The van der Waals surface area contributed by atoms with Crippen LogP contribution in [0, 0.1) is 0 Å². The van der Waals surface area contributed by atoms with Crippen LogP contribution in [-0.2, 0) is 10.0 Å². The summed E-state index contributed by atoms with van der Waals surface area (Å²) in [4.78, 5) is 6.43. The predicted molar refractivity (Wildman–Crippen MR) is 80.7 cm³/mol. The van der Waals surface area contributed by atoms with E-state index in [2.05, 4.69) is 15.2 Å².